The van der Waals surface area contributed by atoms with E-state index < -0.39 is 0 Å². The number of benzene rings is 3. The fourth-order valence-electron chi connectivity index (χ4n) is 5.72. The van der Waals surface area contributed by atoms with Crippen molar-refractivity contribution in [3.8, 4) is 5.75 Å². The first-order valence-electron chi connectivity index (χ1n) is 13.1. The minimum absolute atomic E-state index is 0.402. The van der Waals surface area contributed by atoms with Gasteiger partial charge >= 0.3 is 0 Å². The Morgan fingerprint density at radius 2 is 1.38 bits per heavy atom. The number of rotatable bonds is 8. The van der Waals surface area contributed by atoms with Gasteiger partial charge in [0.15, 0.2) is 0 Å². The molecule has 1 unspecified atom stereocenters. The fraction of sp³-hybridized carbons (Fsp3) is 0.419. The monoisotopic (exact) mass is 454 g/mol. The van der Waals surface area contributed by atoms with Crippen LogP contribution in [0.2, 0.25) is 0 Å². The molecule has 1 aliphatic heterocycles. The van der Waals surface area contributed by atoms with Crippen LogP contribution in [0, 0.1) is 0 Å². The third-order valence-electron chi connectivity index (χ3n) is 7.64. The molecule has 3 aromatic carbocycles. The van der Waals surface area contributed by atoms with E-state index in [4.69, 9.17) is 4.74 Å². The van der Waals surface area contributed by atoms with Gasteiger partial charge < -0.3 is 4.74 Å². The molecule has 0 N–H and O–H groups in total. The van der Waals surface area contributed by atoms with E-state index in [1.165, 1.54) is 61.9 Å². The number of hydrogen-bond donors (Lipinski definition) is 0. The fourth-order valence-corrected chi connectivity index (χ4v) is 5.72. The summed E-state index contributed by atoms with van der Waals surface area (Å²) in [6.45, 7) is 5.32. The van der Waals surface area contributed by atoms with Gasteiger partial charge in [-0.15, -0.1) is 0 Å². The molecule has 3 heteroatoms. The maximum Gasteiger partial charge on any atom is 0.120 e. The van der Waals surface area contributed by atoms with E-state index >= 15 is 0 Å². The molecule has 3 nitrogen and oxygen atoms in total. The van der Waals surface area contributed by atoms with Crippen LogP contribution < -0.4 is 4.74 Å². The lowest BCUT2D eigenvalue weighted by Gasteiger charge is -2.43. The molecule has 0 spiro atoms. The summed E-state index contributed by atoms with van der Waals surface area (Å²) >= 11 is 0. The summed E-state index contributed by atoms with van der Waals surface area (Å²) in [5.41, 5.74) is 3.96. The first-order valence-corrected chi connectivity index (χ1v) is 13.1. The highest BCUT2D eigenvalue weighted by molar-refractivity contribution is 5.31. The molecule has 0 bridgehead atoms. The van der Waals surface area contributed by atoms with Crippen molar-refractivity contribution < 1.29 is 4.74 Å². The standard InChI is InChI=1S/C31H38N2O/c1-4-11-26(12-5-1)25-34-30-18-10-13-27(23-30)24-31(28-14-6-2-7-15-28)33-21-19-32(20-22-33)29-16-8-3-9-17-29/h1-2,4-7,10-15,18,23,29,31H,3,8-9,16-17,19-22,24-25H2. The second-order valence-electron chi connectivity index (χ2n) is 9.92. The smallest absolute Gasteiger partial charge is 0.120 e. The predicted octanol–water partition coefficient (Wildman–Crippen LogP) is 6.50. The normalized spacial score (nSPS) is 19.1. The summed E-state index contributed by atoms with van der Waals surface area (Å²) in [5, 5.41) is 0. The topological polar surface area (TPSA) is 15.7 Å². The van der Waals surface area contributed by atoms with Crippen molar-refractivity contribution in [2.24, 2.45) is 0 Å². The summed E-state index contributed by atoms with van der Waals surface area (Å²) in [5.74, 6) is 0.954. The molecule has 0 amide bonds. The zero-order valence-corrected chi connectivity index (χ0v) is 20.3. The minimum Gasteiger partial charge on any atom is -0.489 e. The SMILES string of the molecule is c1ccc(COc2cccc(CC(c3ccccc3)N3CCN(C4CCCCC4)CC3)c2)cc1. The van der Waals surface area contributed by atoms with Gasteiger partial charge in [0.05, 0.1) is 0 Å². The molecule has 3 aromatic rings. The highest BCUT2D eigenvalue weighted by atomic mass is 16.5. The molecule has 1 saturated carbocycles. The molecule has 178 valence electrons. The molecule has 1 heterocycles. The van der Waals surface area contributed by atoms with Gasteiger partial charge in [0.25, 0.3) is 0 Å². The van der Waals surface area contributed by atoms with Gasteiger partial charge in [-0.25, -0.2) is 0 Å². The molecule has 1 aliphatic carbocycles. The Kier molecular flexibility index (Phi) is 7.95. The first kappa shape index (κ1) is 23.1. The number of ether oxygens (including phenoxy) is 1. The Hall–Kier alpha value is -2.62. The van der Waals surface area contributed by atoms with Crippen LogP contribution in [0.1, 0.15) is 54.8 Å². The Morgan fingerprint density at radius 3 is 2.12 bits per heavy atom. The minimum atomic E-state index is 0.402. The van der Waals surface area contributed by atoms with Crippen LogP contribution in [0.4, 0.5) is 0 Å². The van der Waals surface area contributed by atoms with Crippen LogP contribution >= 0.6 is 0 Å². The highest BCUT2D eigenvalue weighted by Gasteiger charge is 2.29. The maximum atomic E-state index is 6.13. The molecule has 2 aliphatic rings. The molecular formula is C31H38N2O. The average Bonchev–Trinajstić information content (AvgIpc) is 2.92. The van der Waals surface area contributed by atoms with Crippen molar-refractivity contribution >= 4 is 0 Å². The Morgan fingerprint density at radius 1 is 0.706 bits per heavy atom. The highest BCUT2D eigenvalue weighted by Crippen LogP contribution is 2.30. The summed E-state index contributed by atoms with van der Waals surface area (Å²) < 4.78 is 6.13. The second-order valence-corrected chi connectivity index (χ2v) is 9.92. The van der Waals surface area contributed by atoms with Crippen LogP contribution in [-0.2, 0) is 13.0 Å². The zero-order valence-electron chi connectivity index (χ0n) is 20.3. The second kappa shape index (κ2) is 11.7. The van der Waals surface area contributed by atoms with Crippen LogP contribution in [0.15, 0.2) is 84.9 Å². The van der Waals surface area contributed by atoms with Gasteiger partial charge in [-0.2, -0.15) is 0 Å². The van der Waals surface area contributed by atoms with E-state index in [0.717, 1.165) is 31.3 Å². The number of hydrogen-bond acceptors (Lipinski definition) is 3. The summed E-state index contributed by atoms with van der Waals surface area (Å²) in [6.07, 6.45) is 8.08. The van der Waals surface area contributed by atoms with Crippen LogP contribution in [-0.4, -0.2) is 42.0 Å². The van der Waals surface area contributed by atoms with Gasteiger partial charge in [-0.1, -0.05) is 92.1 Å². The Bertz CT molecular complexity index is 992. The molecule has 2 fully saturated rings. The lowest BCUT2D eigenvalue weighted by molar-refractivity contribution is 0.0559. The van der Waals surface area contributed by atoms with E-state index in [1.807, 2.05) is 6.07 Å². The first-order chi connectivity index (χ1) is 16.8. The van der Waals surface area contributed by atoms with E-state index in [9.17, 15) is 0 Å². The third kappa shape index (κ3) is 6.08. The Balaban J connectivity index is 1.26. The van der Waals surface area contributed by atoms with Gasteiger partial charge in [0, 0.05) is 38.3 Å². The molecule has 1 saturated heterocycles. The molecule has 34 heavy (non-hydrogen) atoms. The lowest BCUT2D eigenvalue weighted by atomic mass is 9.93. The molecule has 1 atom stereocenters. The van der Waals surface area contributed by atoms with Crippen LogP contribution in [0.5, 0.6) is 5.75 Å². The van der Waals surface area contributed by atoms with Crippen molar-refractivity contribution in [3.05, 3.63) is 102 Å². The van der Waals surface area contributed by atoms with E-state index in [-0.39, 0.29) is 0 Å². The Labute approximate surface area is 205 Å². The largest absolute Gasteiger partial charge is 0.489 e. The molecule has 5 rings (SSSR count). The third-order valence-corrected chi connectivity index (χ3v) is 7.64. The summed E-state index contributed by atoms with van der Waals surface area (Å²) in [7, 11) is 0. The van der Waals surface area contributed by atoms with Crippen molar-refractivity contribution in [2.45, 2.75) is 57.2 Å². The van der Waals surface area contributed by atoms with Gasteiger partial charge in [-0.3, -0.25) is 9.80 Å². The maximum absolute atomic E-state index is 6.13. The van der Waals surface area contributed by atoms with Crippen molar-refractivity contribution in [1.29, 1.82) is 0 Å². The van der Waals surface area contributed by atoms with Crippen molar-refractivity contribution in [3.63, 3.8) is 0 Å². The summed E-state index contributed by atoms with van der Waals surface area (Å²) in [6, 6.07) is 31.4. The number of piperazine rings is 1. The lowest BCUT2D eigenvalue weighted by Crippen LogP contribution is -2.51. The average molecular weight is 455 g/mol. The van der Waals surface area contributed by atoms with Gasteiger partial charge in [0.2, 0.25) is 0 Å². The van der Waals surface area contributed by atoms with Crippen LogP contribution in [0.3, 0.4) is 0 Å². The van der Waals surface area contributed by atoms with Gasteiger partial charge in [-0.05, 0) is 48.1 Å². The molecule has 0 aromatic heterocycles. The zero-order chi connectivity index (χ0) is 23.0. The van der Waals surface area contributed by atoms with E-state index in [0.29, 0.717) is 12.6 Å². The quantitative estimate of drug-likeness (QED) is 0.386. The molecular weight excluding hydrogens is 416 g/mol. The van der Waals surface area contributed by atoms with E-state index in [2.05, 4.69) is 88.7 Å². The summed E-state index contributed by atoms with van der Waals surface area (Å²) in [4.78, 5) is 5.49. The van der Waals surface area contributed by atoms with Crippen LogP contribution in [0.25, 0.3) is 0 Å². The number of nitrogens with zero attached hydrogens (tertiary/aromatic N) is 2. The molecule has 0 radical (unpaired) electrons. The van der Waals surface area contributed by atoms with Crippen molar-refractivity contribution in [1.82, 2.24) is 9.80 Å². The predicted molar refractivity (Wildman–Crippen MR) is 140 cm³/mol. The van der Waals surface area contributed by atoms with E-state index in [1.54, 1.807) is 0 Å². The van der Waals surface area contributed by atoms with Gasteiger partial charge in [0.1, 0.15) is 12.4 Å². The van der Waals surface area contributed by atoms with Crippen molar-refractivity contribution in [2.75, 3.05) is 26.2 Å².